The predicted molar refractivity (Wildman–Crippen MR) is 88.3 cm³/mol. The van der Waals surface area contributed by atoms with Gasteiger partial charge in [-0.3, -0.25) is 9.89 Å². The van der Waals surface area contributed by atoms with E-state index >= 15 is 0 Å². The van der Waals surface area contributed by atoms with Crippen molar-refractivity contribution >= 4 is 27.3 Å². The first-order chi connectivity index (χ1) is 10.8. The number of nitrogens with one attached hydrogen (secondary N) is 1. The van der Waals surface area contributed by atoms with Crippen LogP contribution in [-0.4, -0.2) is 34.1 Å². The van der Waals surface area contributed by atoms with Crippen LogP contribution < -0.4 is 0 Å². The van der Waals surface area contributed by atoms with Crippen LogP contribution >= 0.6 is 11.3 Å². The van der Waals surface area contributed by atoms with E-state index in [-0.39, 0.29) is 5.91 Å². The minimum atomic E-state index is 0.158. The highest BCUT2D eigenvalue weighted by molar-refractivity contribution is 7.20. The lowest BCUT2D eigenvalue weighted by Gasteiger charge is -2.31. The summed E-state index contributed by atoms with van der Waals surface area (Å²) in [7, 11) is 0. The number of fused-ring (bicyclic) bond motifs is 1. The molecule has 0 radical (unpaired) electrons. The molecular weight excluding hydrogens is 294 g/mol. The number of likely N-dealkylation sites (tertiary alicyclic amines) is 1. The van der Waals surface area contributed by atoms with E-state index in [0.717, 1.165) is 41.9 Å². The third-order valence-corrected chi connectivity index (χ3v) is 5.41. The Morgan fingerprint density at radius 3 is 3.05 bits per heavy atom. The molecule has 0 saturated carbocycles. The zero-order chi connectivity index (χ0) is 14.9. The number of hydrogen-bond acceptors (Lipinski definition) is 3. The van der Waals surface area contributed by atoms with E-state index in [1.54, 1.807) is 17.5 Å². The number of hydrogen-bond donors (Lipinski definition) is 1. The van der Waals surface area contributed by atoms with Crippen molar-refractivity contribution in [3.05, 3.63) is 53.2 Å². The predicted octanol–water partition coefficient (Wildman–Crippen LogP) is 3.64. The fourth-order valence-corrected chi connectivity index (χ4v) is 4.18. The molecule has 0 bridgehead atoms. The Morgan fingerprint density at radius 1 is 1.32 bits per heavy atom. The number of aromatic amines is 1. The number of benzene rings is 1. The first-order valence-electron chi connectivity index (χ1n) is 7.58. The van der Waals surface area contributed by atoms with Gasteiger partial charge in [0.2, 0.25) is 0 Å². The highest BCUT2D eigenvalue weighted by atomic mass is 32.1. The first-order valence-corrected chi connectivity index (χ1v) is 8.40. The molecule has 4 nitrogen and oxygen atoms in total. The fraction of sp³-hybridized carbons (Fsp3) is 0.294. The molecular formula is C17H17N3OS. The van der Waals surface area contributed by atoms with Crippen LogP contribution in [0.3, 0.4) is 0 Å². The fourth-order valence-electron chi connectivity index (χ4n) is 3.15. The molecule has 1 saturated heterocycles. The minimum Gasteiger partial charge on any atom is -0.337 e. The molecule has 1 amide bonds. The molecule has 0 aliphatic carbocycles. The maximum Gasteiger partial charge on any atom is 0.263 e. The van der Waals surface area contributed by atoms with E-state index < -0.39 is 0 Å². The smallest absolute Gasteiger partial charge is 0.263 e. The van der Waals surface area contributed by atoms with Gasteiger partial charge in [0.1, 0.15) is 0 Å². The Balaban J connectivity index is 1.56. The van der Waals surface area contributed by atoms with Crippen LogP contribution in [0.15, 0.2) is 42.6 Å². The topological polar surface area (TPSA) is 49.0 Å². The van der Waals surface area contributed by atoms with Gasteiger partial charge in [-0.1, -0.05) is 18.2 Å². The molecule has 1 aliphatic heterocycles. The lowest BCUT2D eigenvalue weighted by Crippen LogP contribution is -2.38. The van der Waals surface area contributed by atoms with E-state index in [1.165, 1.54) is 4.70 Å². The molecule has 22 heavy (non-hydrogen) atoms. The summed E-state index contributed by atoms with van der Waals surface area (Å²) in [4.78, 5) is 15.6. The third kappa shape index (κ3) is 2.41. The summed E-state index contributed by atoms with van der Waals surface area (Å²) in [6, 6.07) is 12.2. The molecule has 4 rings (SSSR count). The van der Waals surface area contributed by atoms with E-state index in [4.69, 9.17) is 0 Å². The second kappa shape index (κ2) is 5.57. The molecule has 0 spiro atoms. The summed E-state index contributed by atoms with van der Waals surface area (Å²) >= 11 is 1.59. The van der Waals surface area contributed by atoms with Gasteiger partial charge in [0.25, 0.3) is 5.91 Å². The lowest BCUT2D eigenvalue weighted by atomic mass is 9.95. The van der Waals surface area contributed by atoms with Crippen molar-refractivity contribution in [2.24, 2.45) is 0 Å². The Bertz CT molecular complexity index is 760. The van der Waals surface area contributed by atoms with E-state index in [1.807, 2.05) is 29.2 Å². The normalized spacial score (nSPS) is 18.7. The maximum absolute atomic E-state index is 12.8. The Labute approximate surface area is 132 Å². The van der Waals surface area contributed by atoms with Crippen molar-refractivity contribution in [3.63, 3.8) is 0 Å². The molecule has 1 aliphatic rings. The first kappa shape index (κ1) is 13.5. The summed E-state index contributed by atoms with van der Waals surface area (Å²) in [5, 5.41) is 8.22. The molecule has 3 heterocycles. The number of thiophene rings is 1. The Hall–Kier alpha value is -2.14. The summed E-state index contributed by atoms with van der Waals surface area (Å²) in [6.07, 6.45) is 3.93. The van der Waals surface area contributed by atoms with Crippen LogP contribution in [0, 0.1) is 0 Å². The van der Waals surface area contributed by atoms with Crippen molar-refractivity contribution in [1.82, 2.24) is 15.1 Å². The molecule has 1 fully saturated rings. The maximum atomic E-state index is 12.8. The number of carbonyl (C=O) groups excluding carboxylic acids is 1. The van der Waals surface area contributed by atoms with Gasteiger partial charge >= 0.3 is 0 Å². The minimum absolute atomic E-state index is 0.158. The monoisotopic (exact) mass is 311 g/mol. The van der Waals surface area contributed by atoms with Crippen molar-refractivity contribution in [2.45, 2.75) is 18.8 Å². The van der Waals surface area contributed by atoms with Gasteiger partial charge in [-0.2, -0.15) is 5.10 Å². The zero-order valence-electron chi connectivity index (χ0n) is 12.2. The van der Waals surface area contributed by atoms with Gasteiger partial charge in [0, 0.05) is 35.6 Å². The van der Waals surface area contributed by atoms with Gasteiger partial charge in [-0.05, 0) is 36.4 Å². The van der Waals surface area contributed by atoms with Gasteiger partial charge in [-0.15, -0.1) is 11.3 Å². The van der Waals surface area contributed by atoms with Crippen molar-refractivity contribution < 1.29 is 4.79 Å². The van der Waals surface area contributed by atoms with Gasteiger partial charge in [0.05, 0.1) is 4.88 Å². The van der Waals surface area contributed by atoms with E-state index in [0.29, 0.717) is 5.92 Å². The van der Waals surface area contributed by atoms with Crippen molar-refractivity contribution in [2.75, 3.05) is 13.1 Å². The average Bonchev–Trinajstić information content (AvgIpc) is 3.23. The summed E-state index contributed by atoms with van der Waals surface area (Å²) < 4.78 is 1.17. The van der Waals surface area contributed by atoms with Crippen LogP contribution in [-0.2, 0) is 0 Å². The molecule has 2 aromatic heterocycles. The number of piperidine rings is 1. The number of nitrogens with zero attached hydrogens (tertiary/aromatic N) is 2. The number of aromatic nitrogens is 2. The molecule has 112 valence electrons. The van der Waals surface area contributed by atoms with Crippen LogP contribution in [0.1, 0.15) is 34.1 Å². The number of H-pyrrole nitrogens is 1. The lowest BCUT2D eigenvalue weighted by molar-refractivity contribution is 0.0711. The van der Waals surface area contributed by atoms with Crippen LogP contribution in [0.25, 0.3) is 10.1 Å². The summed E-state index contributed by atoms with van der Waals surface area (Å²) in [6.45, 7) is 1.62. The van der Waals surface area contributed by atoms with Crippen LogP contribution in [0.2, 0.25) is 0 Å². The molecule has 1 aromatic carbocycles. The summed E-state index contributed by atoms with van der Waals surface area (Å²) in [5.74, 6) is 0.528. The van der Waals surface area contributed by atoms with Gasteiger partial charge < -0.3 is 4.90 Å². The molecule has 3 aromatic rings. The van der Waals surface area contributed by atoms with Crippen molar-refractivity contribution in [1.29, 1.82) is 0 Å². The highest BCUT2D eigenvalue weighted by Gasteiger charge is 2.27. The zero-order valence-corrected chi connectivity index (χ0v) is 13.0. The third-order valence-electron chi connectivity index (χ3n) is 4.31. The SMILES string of the molecule is O=C(c1cc2ccccc2s1)N1CCC[C@@H](c2ccn[nH]2)C1. The molecule has 0 unspecified atom stereocenters. The number of rotatable bonds is 2. The standard InChI is InChI=1S/C17H17N3OS/c21-17(16-10-12-4-1-2-6-15(12)22-16)20-9-3-5-13(11-20)14-7-8-18-19-14/h1-2,4,6-8,10,13H,3,5,9,11H2,(H,18,19)/t13-/m1/s1. The second-order valence-electron chi connectivity index (χ2n) is 5.75. The van der Waals surface area contributed by atoms with Gasteiger partial charge in [0.15, 0.2) is 0 Å². The molecule has 1 N–H and O–H groups in total. The molecule has 5 heteroatoms. The highest BCUT2D eigenvalue weighted by Crippen LogP contribution is 2.30. The van der Waals surface area contributed by atoms with Gasteiger partial charge in [-0.25, -0.2) is 0 Å². The van der Waals surface area contributed by atoms with E-state index in [2.05, 4.69) is 22.3 Å². The number of amides is 1. The number of carbonyl (C=O) groups is 1. The summed E-state index contributed by atoms with van der Waals surface area (Å²) in [5.41, 5.74) is 1.13. The Morgan fingerprint density at radius 2 is 2.23 bits per heavy atom. The van der Waals surface area contributed by atoms with Crippen molar-refractivity contribution in [3.8, 4) is 0 Å². The second-order valence-corrected chi connectivity index (χ2v) is 6.83. The van der Waals surface area contributed by atoms with E-state index in [9.17, 15) is 4.79 Å². The molecule has 1 atom stereocenters. The Kier molecular flexibility index (Phi) is 3.42. The quantitative estimate of drug-likeness (QED) is 0.785. The van der Waals surface area contributed by atoms with Crippen LogP contribution in [0.5, 0.6) is 0 Å². The van der Waals surface area contributed by atoms with Crippen LogP contribution in [0.4, 0.5) is 0 Å². The average molecular weight is 311 g/mol. The largest absolute Gasteiger partial charge is 0.337 e.